The van der Waals surface area contributed by atoms with Gasteiger partial charge in [-0.25, -0.2) is 9.97 Å². The van der Waals surface area contributed by atoms with E-state index in [1.165, 1.54) is 6.33 Å². The van der Waals surface area contributed by atoms with E-state index in [4.69, 9.17) is 17.3 Å². The Balaban J connectivity index is 2.77. The zero-order valence-electron chi connectivity index (χ0n) is 6.87. The zero-order chi connectivity index (χ0) is 9.26. The van der Waals surface area contributed by atoms with Gasteiger partial charge in [-0.15, -0.1) is 0 Å². The van der Waals surface area contributed by atoms with Crippen LogP contribution in [0.3, 0.4) is 0 Å². The highest BCUT2D eigenvalue weighted by Gasteiger charge is 2.01. The molecule has 0 bridgehead atoms. The molecule has 0 spiro atoms. The standard InChI is InChI=1S/C9H8ClN3/c10-6-1-2-7-8(3-6)12-5-13-9(7)4-11/h1-3,5H,4,11H2. The third kappa shape index (κ3) is 1.48. The minimum absolute atomic E-state index is 0.417. The average molecular weight is 194 g/mol. The van der Waals surface area contributed by atoms with E-state index in [0.29, 0.717) is 11.6 Å². The van der Waals surface area contributed by atoms with E-state index >= 15 is 0 Å². The van der Waals surface area contributed by atoms with Crippen LogP contribution in [-0.4, -0.2) is 9.97 Å². The molecule has 2 N–H and O–H groups in total. The molecule has 0 atom stereocenters. The van der Waals surface area contributed by atoms with Crippen LogP contribution in [0.1, 0.15) is 5.69 Å². The second-order valence-electron chi connectivity index (χ2n) is 2.69. The number of benzene rings is 1. The molecule has 0 saturated carbocycles. The molecule has 2 aromatic rings. The van der Waals surface area contributed by atoms with Gasteiger partial charge in [-0.3, -0.25) is 0 Å². The maximum absolute atomic E-state index is 5.82. The number of hydrogen-bond donors (Lipinski definition) is 1. The molecule has 0 fully saturated rings. The van der Waals surface area contributed by atoms with Crippen molar-refractivity contribution in [1.29, 1.82) is 0 Å². The summed E-state index contributed by atoms with van der Waals surface area (Å²) in [6, 6.07) is 5.50. The van der Waals surface area contributed by atoms with E-state index in [-0.39, 0.29) is 0 Å². The van der Waals surface area contributed by atoms with E-state index in [1.54, 1.807) is 6.07 Å². The van der Waals surface area contributed by atoms with Crippen molar-refractivity contribution in [3.05, 3.63) is 35.2 Å². The lowest BCUT2D eigenvalue weighted by Gasteiger charge is -2.01. The van der Waals surface area contributed by atoms with Gasteiger partial charge in [0.25, 0.3) is 0 Å². The van der Waals surface area contributed by atoms with Crippen molar-refractivity contribution in [1.82, 2.24) is 9.97 Å². The van der Waals surface area contributed by atoms with Crippen molar-refractivity contribution in [3.8, 4) is 0 Å². The largest absolute Gasteiger partial charge is 0.325 e. The minimum Gasteiger partial charge on any atom is -0.325 e. The van der Waals surface area contributed by atoms with Gasteiger partial charge in [0, 0.05) is 17.0 Å². The third-order valence-corrected chi connectivity index (χ3v) is 2.11. The Morgan fingerprint density at radius 1 is 1.31 bits per heavy atom. The van der Waals surface area contributed by atoms with Crippen molar-refractivity contribution >= 4 is 22.5 Å². The van der Waals surface area contributed by atoms with E-state index in [2.05, 4.69) is 9.97 Å². The maximum Gasteiger partial charge on any atom is 0.116 e. The first-order chi connectivity index (χ1) is 6.31. The molecule has 1 aromatic heterocycles. The third-order valence-electron chi connectivity index (χ3n) is 1.87. The van der Waals surface area contributed by atoms with Crippen molar-refractivity contribution < 1.29 is 0 Å². The van der Waals surface area contributed by atoms with Crippen molar-refractivity contribution in [2.24, 2.45) is 5.73 Å². The second kappa shape index (κ2) is 3.28. The summed E-state index contributed by atoms with van der Waals surface area (Å²) in [5.41, 5.74) is 7.22. The Labute approximate surface area is 80.6 Å². The van der Waals surface area contributed by atoms with Crippen LogP contribution in [0, 0.1) is 0 Å². The summed E-state index contributed by atoms with van der Waals surface area (Å²) in [7, 11) is 0. The summed E-state index contributed by atoms with van der Waals surface area (Å²) in [6.45, 7) is 0.417. The molecule has 66 valence electrons. The molecule has 0 aliphatic heterocycles. The number of hydrogen-bond acceptors (Lipinski definition) is 3. The van der Waals surface area contributed by atoms with Crippen LogP contribution >= 0.6 is 11.6 Å². The first kappa shape index (κ1) is 8.41. The second-order valence-corrected chi connectivity index (χ2v) is 3.12. The summed E-state index contributed by atoms with van der Waals surface area (Å²) in [4.78, 5) is 8.18. The van der Waals surface area contributed by atoms with Crippen LogP contribution < -0.4 is 5.73 Å². The highest BCUT2D eigenvalue weighted by atomic mass is 35.5. The predicted octanol–water partition coefficient (Wildman–Crippen LogP) is 1.74. The first-order valence-corrected chi connectivity index (χ1v) is 4.28. The fourth-order valence-electron chi connectivity index (χ4n) is 1.25. The number of rotatable bonds is 1. The summed E-state index contributed by atoms with van der Waals surface area (Å²) in [6.07, 6.45) is 1.50. The number of fused-ring (bicyclic) bond motifs is 1. The van der Waals surface area contributed by atoms with Crippen LogP contribution in [0.5, 0.6) is 0 Å². The Morgan fingerprint density at radius 3 is 2.92 bits per heavy atom. The van der Waals surface area contributed by atoms with Gasteiger partial charge in [0.05, 0.1) is 11.2 Å². The molecule has 0 saturated heterocycles. The lowest BCUT2D eigenvalue weighted by molar-refractivity contribution is 0.990. The Bertz CT molecular complexity index is 442. The van der Waals surface area contributed by atoms with Gasteiger partial charge < -0.3 is 5.73 Å². The molecule has 0 unspecified atom stereocenters. The van der Waals surface area contributed by atoms with Crippen LogP contribution in [-0.2, 0) is 6.54 Å². The highest BCUT2D eigenvalue weighted by Crippen LogP contribution is 2.18. The van der Waals surface area contributed by atoms with E-state index in [1.807, 2.05) is 12.1 Å². The SMILES string of the molecule is NCc1ncnc2cc(Cl)ccc12. The molecule has 0 aliphatic carbocycles. The van der Waals surface area contributed by atoms with Crippen molar-refractivity contribution in [3.63, 3.8) is 0 Å². The molecule has 3 nitrogen and oxygen atoms in total. The fourth-order valence-corrected chi connectivity index (χ4v) is 1.41. The molecule has 0 amide bonds. The highest BCUT2D eigenvalue weighted by molar-refractivity contribution is 6.31. The fraction of sp³-hybridized carbons (Fsp3) is 0.111. The van der Waals surface area contributed by atoms with Crippen LogP contribution in [0.25, 0.3) is 10.9 Å². The van der Waals surface area contributed by atoms with Crippen LogP contribution in [0.2, 0.25) is 5.02 Å². The predicted molar refractivity (Wildman–Crippen MR) is 52.4 cm³/mol. The normalized spacial score (nSPS) is 10.6. The molecule has 0 radical (unpaired) electrons. The summed E-state index contributed by atoms with van der Waals surface area (Å²) in [5, 5.41) is 1.64. The topological polar surface area (TPSA) is 51.8 Å². The monoisotopic (exact) mass is 193 g/mol. The Morgan fingerprint density at radius 2 is 2.15 bits per heavy atom. The van der Waals surface area contributed by atoms with E-state index < -0.39 is 0 Å². The van der Waals surface area contributed by atoms with Gasteiger partial charge in [-0.2, -0.15) is 0 Å². The summed E-state index contributed by atoms with van der Waals surface area (Å²) >= 11 is 5.82. The van der Waals surface area contributed by atoms with Crippen LogP contribution in [0.4, 0.5) is 0 Å². The summed E-state index contributed by atoms with van der Waals surface area (Å²) < 4.78 is 0. The summed E-state index contributed by atoms with van der Waals surface area (Å²) in [5.74, 6) is 0. The minimum atomic E-state index is 0.417. The van der Waals surface area contributed by atoms with Gasteiger partial charge in [0.15, 0.2) is 0 Å². The lowest BCUT2D eigenvalue weighted by Crippen LogP contribution is -2.00. The number of nitrogens with zero attached hydrogens (tertiary/aromatic N) is 2. The van der Waals surface area contributed by atoms with Gasteiger partial charge in [-0.05, 0) is 18.2 Å². The smallest absolute Gasteiger partial charge is 0.116 e. The molecule has 0 aliphatic rings. The molecule has 1 aromatic carbocycles. The van der Waals surface area contributed by atoms with Gasteiger partial charge in [-0.1, -0.05) is 11.6 Å². The maximum atomic E-state index is 5.82. The molecule has 1 heterocycles. The van der Waals surface area contributed by atoms with Gasteiger partial charge in [0.2, 0.25) is 0 Å². The molecular formula is C9H8ClN3. The number of aromatic nitrogens is 2. The number of nitrogens with two attached hydrogens (primary N) is 1. The van der Waals surface area contributed by atoms with E-state index in [9.17, 15) is 0 Å². The van der Waals surface area contributed by atoms with Gasteiger partial charge >= 0.3 is 0 Å². The van der Waals surface area contributed by atoms with E-state index in [0.717, 1.165) is 16.6 Å². The zero-order valence-corrected chi connectivity index (χ0v) is 7.62. The molecule has 13 heavy (non-hydrogen) atoms. The average Bonchev–Trinajstić information content (AvgIpc) is 2.16. The molecule has 2 rings (SSSR count). The van der Waals surface area contributed by atoms with Crippen molar-refractivity contribution in [2.75, 3.05) is 0 Å². The Hall–Kier alpha value is -1.19. The molecule has 4 heteroatoms. The first-order valence-electron chi connectivity index (χ1n) is 3.90. The van der Waals surface area contributed by atoms with Crippen molar-refractivity contribution in [2.45, 2.75) is 6.54 Å². The van der Waals surface area contributed by atoms with Crippen LogP contribution in [0.15, 0.2) is 24.5 Å². The quantitative estimate of drug-likeness (QED) is 0.751. The molecular weight excluding hydrogens is 186 g/mol. The lowest BCUT2D eigenvalue weighted by atomic mass is 10.2. The Kier molecular flexibility index (Phi) is 2.12. The number of halogens is 1. The van der Waals surface area contributed by atoms with Gasteiger partial charge in [0.1, 0.15) is 6.33 Å².